The lowest BCUT2D eigenvalue weighted by Gasteiger charge is -2.43. The van der Waals surface area contributed by atoms with Crippen molar-refractivity contribution in [3.63, 3.8) is 0 Å². The Labute approximate surface area is 140 Å². The average Bonchev–Trinajstić information content (AvgIpc) is 3.07. The third kappa shape index (κ3) is 3.73. The molecule has 1 aromatic heterocycles. The maximum absolute atomic E-state index is 12.1. The van der Waals surface area contributed by atoms with E-state index in [4.69, 9.17) is 0 Å². The molecule has 0 unspecified atom stereocenters. The molecule has 23 heavy (non-hydrogen) atoms. The van der Waals surface area contributed by atoms with Crippen molar-refractivity contribution in [1.82, 2.24) is 19.7 Å². The summed E-state index contributed by atoms with van der Waals surface area (Å²) in [6.07, 6.45) is 1.77. The third-order valence-electron chi connectivity index (χ3n) is 4.56. The molecule has 0 spiro atoms. The highest BCUT2D eigenvalue weighted by Crippen LogP contribution is 2.28. The molecule has 2 saturated heterocycles. The number of carbonyl (C=O) groups excluding carboxylic acids is 1. The summed E-state index contributed by atoms with van der Waals surface area (Å²) in [6.45, 7) is 2.44. The number of amides is 1. The largest absolute Gasteiger partial charge is 0.348 e. The summed E-state index contributed by atoms with van der Waals surface area (Å²) in [6, 6.07) is -0.148. The van der Waals surface area contributed by atoms with Crippen LogP contribution in [0.2, 0.25) is 0 Å². The number of piperazine rings is 1. The molecule has 3 rings (SSSR count). The van der Waals surface area contributed by atoms with Crippen molar-refractivity contribution in [3.05, 3.63) is 16.6 Å². The number of hydrogen-bond acceptors (Lipinski definition) is 7. The first-order chi connectivity index (χ1) is 10.9. The van der Waals surface area contributed by atoms with Crippen molar-refractivity contribution in [2.24, 2.45) is 0 Å². The Kier molecular flexibility index (Phi) is 4.73. The molecule has 0 saturated carbocycles. The maximum Gasteiger partial charge on any atom is 0.236 e. The van der Waals surface area contributed by atoms with Gasteiger partial charge in [0, 0.05) is 50.8 Å². The Balaban J connectivity index is 1.76. The summed E-state index contributed by atoms with van der Waals surface area (Å²) in [4.78, 5) is 22.1. The lowest BCUT2D eigenvalue weighted by molar-refractivity contribution is -0.131. The Morgan fingerprint density at radius 1 is 1.30 bits per heavy atom. The summed E-state index contributed by atoms with van der Waals surface area (Å²) in [5.41, 5.74) is 0. The first-order valence-electron chi connectivity index (χ1n) is 7.63. The topological polar surface area (TPSA) is 73.8 Å². The Hall–Kier alpha value is -1.03. The number of rotatable bonds is 4. The minimum absolute atomic E-state index is 0.0152. The van der Waals surface area contributed by atoms with E-state index in [-0.39, 0.29) is 36.0 Å². The zero-order valence-electron chi connectivity index (χ0n) is 13.4. The molecule has 2 aliphatic heterocycles. The van der Waals surface area contributed by atoms with Crippen LogP contribution < -0.4 is 0 Å². The van der Waals surface area contributed by atoms with Gasteiger partial charge in [-0.3, -0.25) is 14.6 Å². The van der Waals surface area contributed by atoms with Gasteiger partial charge >= 0.3 is 0 Å². The van der Waals surface area contributed by atoms with Crippen molar-refractivity contribution in [2.45, 2.75) is 18.6 Å². The zero-order chi connectivity index (χ0) is 16.6. The van der Waals surface area contributed by atoms with E-state index < -0.39 is 9.84 Å². The number of likely N-dealkylation sites (N-methyl/N-ethyl adjacent to an activating group) is 1. The first kappa shape index (κ1) is 16.8. The standard InChI is InChI=1S/C14H22N4O3S2/c1-16(2)14(19)8-18-5-4-17(7-13-15-3-6-22-13)11-9-23(20,21)10-12(11)18/h3,6,11-12H,4-5,7-10H2,1-2H3/t11-,12+/m1/s1. The molecule has 1 aromatic rings. The van der Waals surface area contributed by atoms with E-state index in [9.17, 15) is 13.2 Å². The number of aromatic nitrogens is 1. The first-order valence-corrected chi connectivity index (χ1v) is 10.3. The van der Waals surface area contributed by atoms with E-state index in [0.29, 0.717) is 13.1 Å². The molecule has 0 radical (unpaired) electrons. The quantitative estimate of drug-likeness (QED) is 0.723. The number of thiazole rings is 1. The van der Waals surface area contributed by atoms with Crippen molar-refractivity contribution >= 4 is 27.1 Å². The second-order valence-electron chi connectivity index (χ2n) is 6.37. The normalized spacial score (nSPS) is 27.7. The zero-order valence-corrected chi connectivity index (χ0v) is 15.0. The SMILES string of the molecule is CN(C)C(=O)CN1CCN(Cc2nccs2)[C@@H]2CS(=O)(=O)C[C@@H]21. The molecular formula is C14H22N4O3S2. The molecular weight excluding hydrogens is 336 g/mol. The number of nitrogens with zero attached hydrogens (tertiary/aromatic N) is 4. The smallest absolute Gasteiger partial charge is 0.236 e. The van der Waals surface area contributed by atoms with Gasteiger partial charge in [-0.1, -0.05) is 0 Å². The van der Waals surface area contributed by atoms with Crippen LogP contribution in [0.1, 0.15) is 5.01 Å². The van der Waals surface area contributed by atoms with Gasteiger partial charge in [-0.05, 0) is 0 Å². The Morgan fingerprint density at radius 2 is 1.96 bits per heavy atom. The molecule has 1 amide bonds. The Bertz CT molecular complexity index is 660. The van der Waals surface area contributed by atoms with Crippen molar-refractivity contribution in [2.75, 3.05) is 45.2 Å². The van der Waals surface area contributed by atoms with Crippen LogP contribution in [0.15, 0.2) is 11.6 Å². The predicted octanol–water partition coefficient (Wildman–Crippen LogP) is -0.485. The summed E-state index contributed by atoms with van der Waals surface area (Å²) in [5, 5.41) is 2.94. The number of carbonyl (C=O) groups is 1. The summed E-state index contributed by atoms with van der Waals surface area (Å²) in [5.74, 6) is 0.337. The van der Waals surface area contributed by atoms with E-state index in [1.807, 2.05) is 10.3 Å². The summed E-state index contributed by atoms with van der Waals surface area (Å²) < 4.78 is 24.3. The lowest BCUT2D eigenvalue weighted by Crippen LogP contribution is -2.60. The van der Waals surface area contributed by atoms with Crippen LogP contribution in [0.3, 0.4) is 0 Å². The molecule has 9 heteroatoms. The molecule has 2 atom stereocenters. The van der Waals surface area contributed by atoms with Gasteiger partial charge in [0.2, 0.25) is 5.91 Å². The maximum atomic E-state index is 12.1. The van der Waals surface area contributed by atoms with Crippen molar-refractivity contribution < 1.29 is 13.2 Å². The summed E-state index contributed by atoms with van der Waals surface area (Å²) in [7, 11) is 0.397. The highest BCUT2D eigenvalue weighted by Gasteiger charge is 2.46. The predicted molar refractivity (Wildman–Crippen MR) is 89.0 cm³/mol. The summed E-state index contributed by atoms with van der Waals surface area (Å²) >= 11 is 1.59. The van der Waals surface area contributed by atoms with Gasteiger partial charge < -0.3 is 4.90 Å². The minimum Gasteiger partial charge on any atom is -0.348 e. The van der Waals surface area contributed by atoms with Crippen LogP contribution in [0.5, 0.6) is 0 Å². The van der Waals surface area contributed by atoms with Crippen LogP contribution in [0, 0.1) is 0 Å². The lowest BCUT2D eigenvalue weighted by atomic mass is 10.0. The minimum atomic E-state index is -3.05. The fourth-order valence-electron chi connectivity index (χ4n) is 3.31. The van der Waals surface area contributed by atoms with Gasteiger partial charge in [0.1, 0.15) is 5.01 Å². The van der Waals surface area contributed by atoms with Crippen molar-refractivity contribution in [3.8, 4) is 0 Å². The third-order valence-corrected chi connectivity index (χ3v) is 7.03. The van der Waals surface area contributed by atoms with E-state index >= 15 is 0 Å². The molecule has 0 aliphatic carbocycles. The number of fused-ring (bicyclic) bond motifs is 1. The Morgan fingerprint density at radius 3 is 2.57 bits per heavy atom. The molecule has 2 fully saturated rings. The van der Waals surface area contributed by atoms with E-state index in [2.05, 4.69) is 9.88 Å². The van der Waals surface area contributed by atoms with E-state index in [0.717, 1.165) is 11.6 Å². The van der Waals surface area contributed by atoms with Gasteiger partial charge in [0.05, 0.1) is 24.6 Å². The van der Waals surface area contributed by atoms with Gasteiger partial charge in [0.25, 0.3) is 0 Å². The molecule has 3 heterocycles. The fourth-order valence-corrected chi connectivity index (χ4v) is 5.99. The molecule has 2 aliphatic rings. The van der Waals surface area contributed by atoms with Crippen LogP contribution >= 0.6 is 11.3 Å². The molecule has 0 bridgehead atoms. The van der Waals surface area contributed by atoms with Gasteiger partial charge in [0.15, 0.2) is 9.84 Å². The van der Waals surface area contributed by atoms with E-state index in [1.165, 1.54) is 0 Å². The monoisotopic (exact) mass is 358 g/mol. The van der Waals surface area contributed by atoms with Crippen LogP contribution in [0.25, 0.3) is 0 Å². The van der Waals surface area contributed by atoms with Crippen LogP contribution in [-0.2, 0) is 21.2 Å². The number of sulfone groups is 1. The number of hydrogen-bond donors (Lipinski definition) is 0. The van der Waals surface area contributed by atoms with Crippen LogP contribution in [0.4, 0.5) is 0 Å². The molecule has 7 nitrogen and oxygen atoms in total. The molecule has 128 valence electrons. The van der Waals surface area contributed by atoms with Gasteiger partial charge in [-0.15, -0.1) is 11.3 Å². The highest BCUT2D eigenvalue weighted by atomic mass is 32.2. The molecule has 0 aromatic carbocycles. The van der Waals surface area contributed by atoms with Crippen LogP contribution in [-0.4, -0.2) is 91.3 Å². The second-order valence-corrected chi connectivity index (χ2v) is 9.50. The van der Waals surface area contributed by atoms with Gasteiger partial charge in [-0.25, -0.2) is 13.4 Å². The van der Waals surface area contributed by atoms with E-state index in [1.54, 1.807) is 36.5 Å². The van der Waals surface area contributed by atoms with Crippen molar-refractivity contribution in [1.29, 1.82) is 0 Å². The average molecular weight is 358 g/mol. The molecule has 0 N–H and O–H groups in total. The fraction of sp³-hybridized carbons (Fsp3) is 0.714. The second kappa shape index (κ2) is 6.46. The van der Waals surface area contributed by atoms with Gasteiger partial charge in [-0.2, -0.15) is 0 Å². The highest BCUT2D eigenvalue weighted by molar-refractivity contribution is 7.91.